The van der Waals surface area contributed by atoms with Gasteiger partial charge in [-0.25, -0.2) is 4.68 Å². The largest absolute Gasteiger partial charge is 0.311 e. The first-order valence-electron chi connectivity index (χ1n) is 6.19. The molecule has 4 nitrogen and oxygen atoms in total. The van der Waals surface area contributed by atoms with Crippen molar-refractivity contribution in [3.05, 3.63) is 41.2 Å². The Morgan fingerprint density at radius 2 is 2.06 bits per heavy atom. The van der Waals surface area contributed by atoms with Gasteiger partial charge in [0.25, 0.3) is 0 Å². The number of benzene rings is 1. The predicted molar refractivity (Wildman–Crippen MR) is 70.8 cm³/mol. The Labute approximate surface area is 111 Å². The van der Waals surface area contributed by atoms with Gasteiger partial charge in [-0.05, 0) is 49.6 Å². The van der Waals surface area contributed by atoms with Gasteiger partial charge in [0.05, 0.1) is 17.6 Å². The second-order valence-electron chi connectivity index (χ2n) is 4.71. The fourth-order valence-electron chi connectivity index (χ4n) is 1.83. The fourth-order valence-corrected chi connectivity index (χ4v) is 1.95. The number of hydrogen-bond donors (Lipinski definition) is 1. The van der Waals surface area contributed by atoms with Gasteiger partial charge >= 0.3 is 0 Å². The molecule has 1 N–H and O–H groups in total. The van der Waals surface area contributed by atoms with Gasteiger partial charge in [-0.15, -0.1) is 5.10 Å². The highest BCUT2D eigenvalue weighted by molar-refractivity contribution is 6.30. The van der Waals surface area contributed by atoms with Crippen molar-refractivity contribution in [1.29, 1.82) is 0 Å². The zero-order valence-electron chi connectivity index (χ0n) is 10.0. The molecule has 0 aliphatic heterocycles. The smallest absolute Gasteiger partial charge is 0.0969 e. The number of rotatable bonds is 5. The van der Waals surface area contributed by atoms with Crippen molar-refractivity contribution < 1.29 is 0 Å². The first kappa shape index (κ1) is 11.7. The second kappa shape index (κ2) is 5.08. The predicted octanol–water partition coefficient (Wildman–Crippen LogP) is 2.42. The molecular weight excluding hydrogens is 248 g/mol. The van der Waals surface area contributed by atoms with Crippen LogP contribution in [0.4, 0.5) is 0 Å². The fraction of sp³-hybridized carbons (Fsp3) is 0.385. The standard InChI is InChI=1S/C13H15ClN4/c14-11-3-5-13(6-4-11)18-9-12(16-17-18)8-15-7-10-1-2-10/h3-6,9-10,15H,1-2,7-8H2. The van der Waals surface area contributed by atoms with Crippen LogP contribution in [0.25, 0.3) is 5.69 Å². The molecule has 1 fully saturated rings. The molecule has 94 valence electrons. The highest BCUT2D eigenvalue weighted by Crippen LogP contribution is 2.27. The summed E-state index contributed by atoms with van der Waals surface area (Å²) in [6.07, 6.45) is 4.68. The van der Waals surface area contributed by atoms with Gasteiger partial charge in [0.1, 0.15) is 0 Å². The summed E-state index contributed by atoms with van der Waals surface area (Å²) in [5.41, 5.74) is 1.94. The van der Waals surface area contributed by atoms with E-state index in [9.17, 15) is 0 Å². The molecule has 0 saturated heterocycles. The normalized spacial score (nSPS) is 14.9. The Morgan fingerprint density at radius 1 is 1.28 bits per heavy atom. The summed E-state index contributed by atoms with van der Waals surface area (Å²) in [5, 5.41) is 12.4. The van der Waals surface area contributed by atoms with Gasteiger partial charge in [-0.3, -0.25) is 0 Å². The molecule has 0 unspecified atom stereocenters. The molecule has 1 aromatic heterocycles. The average molecular weight is 263 g/mol. The molecule has 3 rings (SSSR count). The third-order valence-electron chi connectivity index (χ3n) is 3.07. The lowest BCUT2D eigenvalue weighted by atomic mass is 10.3. The Hall–Kier alpha value is -1.39. The lowest BCUT2D eigenvalue weighted by molar-refractivity contribution is 0.628. The Bertz CT molecular complexity index is 516. The number of halogens is 1. The molecule has 5 heteroatoms. The maximum absolute atomic E-state index is 5.85. The summed E-state index contributed by atoms with van der Waals surface area (Å²) in [5.74, 6) is 0.885. The van der Waals surface area contributed by atoms with E-state index in [-0.39, 0.29) is 0 Å². The summed E-state index contributed by atoms with van der Waals surface area (Å²) in [4.78, 5) is 0. The van der Waals surface area contributed by atoms with Gasteiger partial charge in [-0.1, -0.05) is 16.8 Å². The van der Waals surface area contributed by atoms with Crippen LogP contribution < -0.4 is 5.32 Å². The minimum absolute atomic E-state index is 0.727. The molecule has 0 atom stereocenters. The monoisotopic (exact) mass is 262 g/mol. The van der Waals surface area contributed by atoms with Crippen molar-refractivity contribution in [2.24, 2.45) is 5.92 Å². The number of nitrogens with zero attached hydrogens (tertiary/aromatic N) is 3. The van der Waals surface area contributed by atoms with Crippen LogP contribution in [0.3, 0.4) is 0 Å². The molecule has 1 aromatic carbocycles. The lowest BCUT2D eigenvalue weighted by Gasteiger charge is -2.00. The molecule has 1 saturated carbocycles. The molecule has 1 aliphatic rings. The van der Waals surface area contributed by atoms with E-state index in [2.05, 4.69) is 15.6 Å². The number of nitrogens with one attached hydrogen (secondary N) is 1. The van der Waals surface area contributed by atoms with E-state index in [1.54, 1.807) is 4.68 Å². The van der Waals surface area contributed by atoms with Crippen molar-refractivity contribution in [3.63, 3.8) is 0 Å². The van der Waals surface area contributed by atoms with E-state index in [0.29, 0.717) is 0 Å². The highest BCUT2D eigenvalue weighted by Gasteiger charge is 2.20. The van der Waals surface area contributed by atoms with E-state index in [0.717, 1.165) is 35.4 Å². The summed E-state index contributed by atoms with van der Waals surface area (Å²) in [6.45, 7) is 1.87. The molecule has 0 radical (unpaired) electrons. The zero-order chi connectivity index (χ0) is 12.4. The minimum Gasteiger partial charge on any atom is -0.311 e. The van der Waals surface area contributed by atoms with Crippen molar-refractivity contribution in [2.45, 2.75) is 19.4 Å². The van der Waals surface area contributed by atoms with Gasteiger partial charge in [0.15, 0.2) is 0 Å². The number of aromatic nitrogens is 3. The van der Waals surface area contributed by atoms with Crippen LogP contribution in [-0.4, -0.2) is 21.5 Å². The third kappa shape index (κ3) is 2.89. The van der Waals surface area contributed by atoms with E-state index in [1.165, 1.54) is 12.8 Å². The minimum atomic E-state index is 0.727. The van der Waals surface area contributed by atoms with Crippen LogP contribution >= 0.6 is 11.6 Å². The number of hydrogen-bond acceptors (Lipinski definition) is 3. The van der Waals surface area contributed by atoms with E-state index in [4.69, 9.17) is 11.6 Å². The molecule has 0 spiro atoms. The van der Waals surface area contributed by atoms with Gasteiger partial charge in [0.2, 0.25) is 0 Å². The second-order valence-corrected chi connectivity index (χ2v) is 5.14. The van der Waals surface area contributed by atoms with Gasteiger partial charge in [0, 0.05) is 11.6 Å². The molecule has 1 aliphatic carbocycles. The maximum Gasteiger partial charge on any atom is 0.0969 e. The highest BCUT2D eigenvalue weighted by atomic mass is 35.5. The van der Waals surface area contributed by atoms with E-state index < -0.39 is 0 Å². The van der Waals surface area contributed by atoms with Gasteiger partial charge < -0.3 is 5.32 Å². The summed E-state index contributed by atoms with van der Waals surface area (Å²) < 4.78 is 1.77. The van der Waals surface area contributed by atoms with Crippen LogP contribution in [0.2, 0.25) is 5.02 Å². The van der Waals surface area contributed by atoms with E-state index in [1.807, 2.05) is 30.5 Å². The topological polar surface area (TPSA) is 42.7 Å². The first-order valence-corrected chi connectivity index (χ1v) is 6.57. The van der Waals surface area contributed by atoms with Crippen molar-refractivity contribution in [1.82, 2.24) is 20.3 Å². The van der Waals surface area contributed by atoms with Crippen LogP contribution in [0, 0.1) is 5.92 Å². The molecule has 2 aromatic rings. The van der Waals surface area contributed by atoms with Crippen LogP contribution in [0.1, 0.15) is 18.5 Å². The van der Waals surface area contributed by atoms with Crippen molar-refractivity contribution >= 4 is 11.6 Å². The molecule has 0 bridgehead atoms. The Morgan fingerprint density at radius 3 is 2.78 bits per heavy atom. The molecular formula is C13H15ClN4. The molecule has 18 heavy (non-hydrogen) atoms. The Balaban J connectivity index is 1.62. The first-order chi connectivity index (χ1) is 8.81. The zero-order valence-corrected chi connectivity index (χ0v) is 10.8. The quantitative estimate of drug-likeness (QED) is 0.900. The maximum atomic E-state index is 5.85. The van der Waals surface area contributed by atoms with Crippen molar-refractivity contribution in [2.75, 3.05) is 6.54 Å². The molecule has 0 amide bonds. The summed E-state index contributed by atoms with van der Waals surface area (Å²) >= 11 is 5.85. The van der Waals surface area contributed by atoms with E-state index >= 15 is 0 Å². The van der Waals surface area contributed by atoms with Gasteiger partial charge in [-0.2, -0.15) is 0 Å². The van der Waals surface area contributed by atoms with Crippen LogP contribution in [0.15, 0.2) is 30.5 Å². The van der Waals surface area contributed by atoms with Crippen LogP contribution in [0.5, 0.6) is 0 Å². The lowest BCUT2D eigenvalue weighted by Crippen LogP contribution is -2.16. The Kier molecular flexibility index (Phi) is 3.30. The van der Waals surface area contributed by atoms with Crippen molar-refractivity contribution in [3.8, 4) is 5.69 Å². The SMILES string of the molecule is Clc1ccc(-n2cc(CNCC3CC3)nn2)cc1. The van der Waals surface area contributed by atoms with Crippen LogP contribution in [-0.2, 0) is 6.54 Å². The summed E-state index contributed by atoms with van der Waals surface area (Å²) in [6, 6.07) is 7.56. The molecule has 1 heterocycles. The summed E-state index contributed by atoms with van der Waals surface area (Å²) in [7, 11) is 0. The third-order valence-corrected chi connectivity index (χ3v) is 3.32. The average Bonchev–Trinajstić information content (AvgIpc) is 3.08.